The predicted octanol–water partition coefficient (Wildman–Crippen LogP) is 3.87. The summed E-state index contributed by atoms with van der Waals surface area (Å²) >= 11 is 7.02. The third-order valence-electron chi connectivity index (χ3n) is 6.52. The van der Waals surface area contributed by atoms with Gasteiger partial charge in [-0.2, -0.15) is 0 Å². The lowest BCUT2D eigenvalue weighted by atomic mass is 9.85. The Kier molecular flexibility index (Phi) is 9.47. The zero-order valence-electron chi connectivity index (χ0n) is 20.1. The number of hydrogen-bond acceptors (Lipinski definition) is 6. The van der Waals surface area contributed by atoms with E-state index in [1.807, 2.05) is 0 Å². The van der Waals surface area contributed by atoms with Gasteiger partial charge < -0.3 is 20.3 Å². The van der Waals surface area contributed by atoms with Crippen molar-refractivity contribution in [2.24, 2.45) is 5.92 Å². The summed E-state index contributed by atoms with van der Waals surface area (Å²) in [5.41, 5.74) is 1.13. The number of amides is 3. The lowest BCUT2D eigenvalue weighted by Crippen LogP contribution is -2.53. The van der Waals surface area contributed by atoms with E-state index in [-0.39, 0.29) is 25.0 Å². The second-order valence-corrected chi connectivity index (χ2v) is 10.8. The monoisotopic (exact) mass is 554 g/mol. The molecule has 1 saturated carbocycles. The van der Waals surface area contributed by atoms with Gasteiger partial charge in [0.1, 0.15) is 12.6 Å². The molecule has 0 radical (unpaired) electrons. The van der Waals surface area contributed by atoms with Gasteiger partial charge in [0.2, 0.25) is 5.91 Å². The number of nitrogens with one attached hydrogen (secondary N) is 2. The highest BCUT2D eigenvalue weighted by atomic mass is 35.5. The molecule has 1 saturated heterocycles. The molecule has 37 heavy (non-hydrogen) atoms. The molecule has 2 aromatic rings. The van der Waals surface area contributed by atoms with Crippen LogP contribution in [0.3, 0.4) is 0 Å². The molecule has 200 valence electrons. The molecule has 0 spiro atoms. The quantitative estimate of drug-likeness (QED) is 0.440. The minimum absolute atomic E-state index is 0.0184. The molecule has 0 bridgehead atoms. The number of rotatable bonds is 11. The average Bonchev–Trinajstić information content (AvgIpc) is 3.28. The molecule has 2 fully saturated rings. The largest absolute Gasteiger partial charge is 0.370 e. The zero-order chi connectivity index (χ0) is 26.4. The Hall–Kier alpha value is -2.60. The molecule has 4 rings (SSSR count). The van der Waals surface area contributed by atoms with Gasteiger partial charge in [-0.15, -0.1) is 11.3 Å². The minimum atomic E-state index is -2.63. The first-order valence-electron chi connectivity index (χ1n) is 12.1. The fourth-order valence-corrected chi connectivity index (χ4v) is 5.31. The second kappa shape index (κ2) is 12.8. The lowest BCUT2D eigenvalue weighted by molar-refractivity contribution is -0.125. The van der Waals surface area contributed by atoms with Gasteiger partial charge in [0.15, 0.2) is 0 Å². The van der Waals surface area contributed by atoms with E-state index in [1.165, 1.54) is 4.90 Å². The molecule has 1 aliphatic heterocycles. The number of morpholine rings is 1. The molecule has 1 aromatic heterocycles. The Morgan fingerprint density at radius 1 is 1.19 bits per heavy atom. The normalized spacial score (nSPS) is 17.1. The molecule has 1 aliphatic carbocycles. The number of carbonyl (C=O) groups is 3. The molecule has 12 heteroatoms. The van der Waals surface area contributed by atoms with Gasteiger partial charge >= 0.3 is 0 Å². The van der Waals surface area contributed by atoms with Gasteiger partial charge in [-0.05, 0) is 55.2 Å². The minimum Gasteiger partial charge on any atom is -0.370 e. The maximum atomic E-state index is 13.5. The molecule has 8 nitrogen and oxygen atoms in total. The third-order valence-corrected chi connectivity index (χ3v) is 7.75. The molecule has 1 atom stereocenters. The Bertz CT molecular complexity index is 1100. The topological polar surface area (TPSA) is 91.0 Å². The first-order valence-corrected chi connectivity index (χ1v) is 13.3. The van der Waals surface area contributed by atoms with Crippen LogP contribution < -0.4 is 15.5 Å². The van der Waals surface area contributed by atoms with Crippen LogP contribution in [0.15, 0.2) is 36.4 Å². The summed E-state index contributed by atoms with van der Waals surface area (Å²) in [6, 6.07) is 8.89. The lowest BCUT2D eigenvalue weighted by Gasteiger charge is -2.36. The van der Waals surface area contributed by atoms with Gasteiger partial charge in [0.05, 0.1) is 22.4 Å². The van der Waals surface area contributed by atoms with Crippen LogP contribution in [0.25, 0.3) is 0 Å². The average molecular weight is 555 g/mol. The number of anilines is 2. The summed E-state index contributed by atoms with van der Waals surface area (Å²) in [6.45, 7) is 0.529. The van der Waals surface area contributed by atoms with Crippen molar-refractivity contribution in [2.75, 3.05) is 49.6 Å². The van der Waals surface area contributed by atoms with Gasteiger partial charge in [-0.25, -0.2) is 8.78 Å². The first kappa shape index (κ1) is 27.4. The molecule has 2 N–H and O–H groups in total. The van der Waals surface area contributed by atoms with E-state index in [9.17, 15) is 23.2 Å². The van der Waals surface area contributed by atoms with Crippen LogP contribution in [-0.2, 0) is 14.3 Å². The van der Waals surface area contributed by atoms with E-state index in [0.717, 1.165) is 30.6 Å². The van der Waals surface area contributed by atoms with E-state index >= 15 is 0 Å². The second-order valence-electron chi connectivity index (χ2n) is 9.11. The van der Waals surface area contributed by atoms with E-state index in [4.69, 9.17) is 16.3 Å². The van der Waals surface area contributed by atoms with Crippen LogP contribution in [0.2, 0.25) is 4.34 Å². The van der Waals surface area contributed by atoms with E-state index in [0.29, 0.717) is 40.3 Å². The predicted molar refractivity (Wildman–Crippen MR) is 139 cm³/mol. The number of hydrogen-bond donors (Lipinski definition) is 2. The number of nitrogens with zero attached hydrogens (tertiary/aromatic N) is 2. The Labute approximate surface area is 222 Å². The number of benzene rings is 1. The Morgan fingerprint density at radius 3 is 2.54 bits per heavy atom. The van der Waals surface area contributed by atoms with Gasteiger partial charge in [-0.1, -0.05) is 18.0 Å². The van der Waals surface area contributed by atoms with E-state index in [2.05, 4.69) is 10.6 Å². The molecular weight excluding hydrogens is 526 g/mol. The fraction of sp³-hybridized carbons (Fsp3) is 0.480. The van der Waals surface area contributed by atoms with Crippen LogP contribution in [0.5, 0.6) is 0 Å². The number of carbonyl (C=O) groups excluding carboxylic acids is 3. The van der Waals surface area contributed by atoms with Gasteiger partial charge in [0, 0.05) is 31.0 Å². The summed E-state index contributed by atoms with van der Waals surface area (Å²) in [7, 11) is 0. The van der Waals surface area contributed by atoms with Crippen LogP contribution in [0.4, 0.5) is 20.2 Å². The highest BCUT2D eigenvalue weighted by molar-refractivity contribution is 7.18. The van der Waals surface area contributed by atoms with Crippen molar-refractivity contribution in [3.8, 4) is 0 Å². The third kappa shape index (κ3) is 7.47. The number of thiophene rings is 1. The summed E-state index contributed by atoms with van der Waals surface area (Å²) in [5, 5.41) is 5.50. The maximum Gasteiger partial charge on any atom is 0.261 e. The highest BCUT2D eigenvalue weighted by Gasteiger charge is 2.32. The number of halogens is 3. The van der Waals surface area contributed by atoms with Crippen LogP contribution in [0, 0.1) is 5.92 Å². The Morgan fingerprint density at radius 2 is 1.95 bits per heavy atom. The van der Waals surface area contributed by atoms with Crippen LogP contribution in [0.1, 0.15) is 28.9 Å². The first-order chi connectivity index (χ1) is 17.8. The van der Waals surface area contributed by atoms with Crippen molar-refractivity contribution >= 4 is 52.0 Å². The molecule has 2 aliphatic rings. The highest BCUT2D eigenvalue weighted by Crippen LogP contribution is 2.28. The zero-order valence-corrected chi connectivity index (χ0v) is 21.7. The molecule has 0 unspecified atom stereocenters. The standard InChI is InChI=1S/C25H29ClF2N4O4S/c26-21-9-8-20(37-21)25(35)29-12-19(31(14-22(27)28)13-16-2-1-3-16)24(34)30-17-4-6-18(7-5-17)32-10-11-36-15-23(32)33/h4-9,16,19,22H,1-3,10-15H2,(H,29,35)(H,30,34)/t19-/m0/s1. The smallest absolute Gasteiger partial charge is 0.261 e. The van der Waals surface area contributed by atoms with Gasteiger partial charge in [-0.3, -0.25) is 19.3 Å². The van der Waals surface area contributed by atoms with Crippen LogP contribution >= 0.6 is 22.9 Å². The SMILES string of the molecule is O=C(NC[C@@H](C(=O)Nc1ccc(N2CCOCC2=O)cc1)N(CC(F)F)CC1CCC1)c1ccc(Cl)s1. The van der Waals surface area contributed by atoms with Crippen molar-refractivity contribution in [2.45, 2.75) is 31.7 Å². The van der Waals surface area contributed by atoms with Crippen molar-refractivity contribution in [3.05, 3.63) is 45.6 Å². The molecule has 3 amide bonds. The number of alkyl halides is 2. The summed E-state index contributed by atoms with van der Waals surface area (Å²) in [5.74, 6) is -0.828. The van der Waals surface area contributed by atoms with E-state index < -0.39 is 30.8 Å². The number of ether oxygens (including phenoxy) is 1. The summed E-state index contributed by atoms with van der Waals surface area (Å²) in [4.78, 5) is 41.5. The summed E-state index contributed by atoms with van der Waals surface area (Å²) < 4.78 is 32.6. The molecule has 1 aromatic carbocycles. The van der Waals surface area contributed by atoms with Crippen molar-refractivity contribution in [3.63, 3.8) is 0 Å². The Balaban J connectivity index is 1.47. The fourth-order valence-electron chi connectivity index (χ4n) is 4.36. The van der Waals surface area contributed by atoms with Crippen LogP contribution in [-0.4, -0.2) is 74.5 Å². The van der Waals surface area contributed by atoms with Gasteiger partial charge in [0.25, 0.3) is 18.2 Å². The van der Waals surface area contributed by atoms with E-state index in [1.54, 1.807) is 41.3 Å². The molecular formula is C25H29ClF2N4O4S. The maximum absolute atomic E-state index is 13.5. The van der Waals surface area contributed by atoms with Crippen molar-refractivity contribution in [1.82, 2.24) is 10.2 Å². The summed E-state index contributed by atoms with van der Waals surface area (Å²) in [6.07, 6.45) is 0.261. The van der Waals surface area contributed by atoms with Crippen molar-refractivity contribution in [1.29, 1.82) is 0 Å². The van der Waals surface area contributed by atoms with Crippen molar-refractivity contribution < 1.29 is 27.9 Å². The molecule has 2 heterocycles.